The van der Waals surface area contributed by atoms with Crippen LogP contribution < -0.4 is 10.5 Å². The van der Waals surface area contributed by atoms with Gasteiger partial charge in [-0.3, -0.25) is 0 Å². The van der Waals surface area contributed by atoms with E-state index in [0.717, 1.165) is 38.5 Å². The fraction of sp³-hybridized carbons (Fsp3) is 0.286. The van der Waals surface area contributed by atoms with Gasteiger partial charge in [-0.25, -0.2) is 14.2 Å². The molecule has 0 spiro atoms. The highest BCUT2D eigenvalue weighted by atomic mass is 19.1. The lowest BCUT2D eigenvalue weighted by molar-refractivity contribution is 0.270. The number of imidazole rings is 1. The molecule has 1 fully saturated rings. The molecule has 0 atom stereocenters. The number of hydrogen-bond acceptors (Lipinski definition) is 6. The predicted molar refractivity (Wildman–Crippen MR) is 109 cm³/mol. The quantitative estimate of drug-likeness (QED) is 0.533. The van der Waals surface area contributed by atoms with Crippen molar-refractivity contribution in [3.63, 3.8) is 0 Å². The van der Waals surface area contributed by atoms with Gasteiger partial charge >= 0.3 is 5.63 Å². The van der Waals surface area contributed by atoms with Gasteiger partial charge in [0.05, 0.1) is 11.3 Å². The molecule has 8 heteroatoms. The summed E-state index contributed by atoms with van der Waals surface area (Å²) in [5.74, 6) is 0.359. The molecule has 5 rings (SSSR count). The van der Waals surface area contributed by atoms with E-state index in [0.29, 0.717) is 16.8 Å². The lowest BCUT2D eigenvalue weighted by atomic mass is 10.2. The minimum absolute atomic E-state index is 0.168. The number of fused-ring (bicyclic) bond motifs is 2. The number of halogens is 1. The molecule has 1 aliphatic heterocycles. The Balaban J connectivity index is 1.51. The Morgan fingerprint density at radius 3 is 2.72 bits per heavy atom. The number of anilines is 1. The molecule has 7 nitrogen and oxygen atoms in total. The van der Waals surface area contributed by atoms with Gasteiger partial charge in [0.1, 0.15) is 5.82 Å². The van der Waals surface area contributed by atoms with Gasteiger partial charge in [-0.05, 0) is 36.9 Å². The third-order valence-corrected chi connectivity index (χ3v) is 5.44. The Morgan fingerprint density at radius 2 is 1.97 bits per heavy atom. The van der Waals surface area contributed by atoms with Crippen molar-refractivity contribution in [3.05, 3.63) is 59.0 Å². The van der Waals surface area contributed by atoms with Crippen LogP contribution in [-0.2, 0) is 0 Å². The van der Waals surface area contributed by atoms with Crippen LogP contribution in [0.2, 0.25) is 0 Å². The standard InChI is InChI=1S/C21H20FN5O2/c1-2-25-8-10-26(11-9-25)18-6-5-14-12-15(21(28)29-20(14)24-18)17-13-27-7-3-4-16(22)19(27)23-17/h3-7,12-13H,2,8-11H2,1H3. The second-order valence-electron chi connectivity index (χ2n) is 7.15. The Morgan fingerprint density at radius 1 is 1.14 bits per heavy atom. The monoisotopic (exact) mass is 393 g/mol. The van der Waals surface area contributed by atoms with Crippen molar-refractivity contribution in [3.8, 4) is 11.3 Å². The van der Waals surface area contributed by atoms with Crippen molar-refractivity contribution in [2.75, 3.05) is 37.6 Å². The van der Waals surface area contributed by atoms with Gasteiger partial charge in [-0.1, -0.05) is 6.92 Å². The molecular weight excluding hydrogens is 373 g/mol. The Bertz CT molecular complexity index is 1260. The van der Waals surface area contributed by atoms with Crippen molar-refractivity contribution < 1.29 is 8.81 Å². The summed E-state index contributed by atoms with van der Waals surface area (Å²) in [6.07, 6.45) is 3.30. The molecule has 4 aromatic heterocycles. The molecule has 1 aliphatic rings. The van der Waals surface area contributed by atoms with Crippen molar-refractivity contribution in [2.24, 2.45) is 0 Å². The van der Waals surface area contributed by atoms with Crippen LogP contribution in [0.25, 0.3) is 28.0 Å². The van der Waals surface area contributed by atoms with Crippen LogP contribution in [0.15, 0.2) is 51.9 Å². The number of hydrogen-bond donors (Lipinski definition) is 0. The molecule has 4 aromatic rings. The minimum Gasteiger partial charge on any atom is -0.403 e. The summed E-state index contributed by atoms with van der Waals surface area (Å²) >= 11 is 0. The SMILES string of the molecule is CCN1CCN(c2ccc3cc(-c4cn5cccc(F)c5n4)c(=O)oc3n2)CC1. The van der Waals surface area contributed by atoms with E-state index in [1.807, 2.05) is 12.1 Å². The highest BCUT2D eigenvalue weighted by Crippen LogP contribution is 2.23. The highest BCUT2D eigenvalue weighted by molar-refractivity contribution is 5.80. The molecule has 0 aliphatic carbocycles. The lowest BCUT2D eigenvalue weighted by Crippen LogP contribution is -2.46. The van der Waals surface area contributed by atoms with E-state index in [1.165, 1.54) is 6.07 Å². The minimum atomic E-state index is -0.540. The molecule has 5 heterocycles. The summed E-state index contributed by atoms with van der Waals surface area (Å²) in [5, 5.41) is 0.702. The zero-order chi connectivity index (χ0) is 20.0. The molecule has 0 amide bonds. The van der Waals surface area contributed by atoms with E-state index in [-0.39, 0.29) is 11.2 Å². The molecule has 1 saturated heterocycles. The molecule has 29 heavy (non-hydrogen) atoms. The first-order chi connectivity index (χ1) is 14.1. The zero-order valence-corrected chi connectivity index (χ0v) is 16.0. The molecule has 0 unspecified atom stereocenters. The number of piperazine rings is 1. The first-order valence-electron chi connectivity index (χ1n) is 9.68. The van der Waals surface area contributed by atoms with Gasteiger partial charge in [0, 0.05) is 44.0 Å². The van der Waals surface area contributed by atoms with Crippen LogP contribution >= 0.6 is 0 Å². The average Bonchev–Trinajstić information content (AvgIpc) is 3.18. The van der Waals surface area contributed by atoms with Gasteiger partial charge < -0.3 is 18.6 Å². The van der Waals surface area contributed by atoms with E-state index in [4.69, 9.17) is 4.42 Å². The summed E-state index contributed by atoms with van der Waals surface area (Å²) in [6, 6.07) is 8.46. The molecule has 0 radical (unpaired) electrons. The number of rotatable bonds is 3. The maximum absolute atomic E-state index is 13.9. The van der Waals surface area contributed by atoms with Crippen LogP contribution in [0.3, 0.4) is 0 Å². The summed E-state index contributed by atoms with van der Waals surface area (Å²) in [5.41, 5.74) is 0.574. The van der Waals surface area contributed by atoms with Gasteiger partial charge in [0.15, 0.2) is 11.5 Å². The number of likely N-dealkylation sites (N-methyl/N-ethyl adjacent to an activating group) is 1. The summed E-state index contributed by atoms with van der Waals surface area (Å²) < 4.78 is 21.0. The number of aromatic nitrogens is 3. The smallest absolute Gasteiger partial charge is 0.347 e. The van der Waals surface area contributed by atoms with Crippen LogP contribution in [0.4, 0.5) is 10.2 Å². The van der Waals surface area contributed by atoms with E-state index in [2.05, 4.69) is 26.7 Å². The Kier molecular flexibility index (Phi) is 4.28. The fourth-order valence-corrected chi connectivity index (χ4v) is 3.75. The highest BCUT2D eigenvalue weighted by Gasteiger charge is 2.18. The van der Waals surface area contributed by atoms with Crippen LogP contribution in [0, 0.1) is 5.82 Å². The molecule has 0 aromatic carbocycles. The van der Waals surface area contributed by atoms with E-state index in [9.17, 15) is 9.18 Å². The maximum Gasteiger partial charge on any atom is 0.347 e. The molecule has 148 valence electrons. The van der Waals surface area contributed by atoms with Crippen molar-refractivity contribution in [2.45, 2.75) is 6.92 Å². The van der Waals surface area contributed by atoms with Crippen molar-refractivity contribution in [1.82, 2.24) is 19.3 Å². The zero-order valence-electron chi connectivity index (χ0n) is 16.0. The molecular formula is C21H20FN5O2. The van der Waals surface area contributed by atoms with Crippen molar-refractivity contribution >= 4 is 22.6 Å². The Hall–Kier alpha value is -3.26. The van der Waals surface area contributed by atoms with Crippen LogP contribution in [0.1, 0.15) is 6.92 Å². The lowest BCUT2D eigenvalue weighted by Gasteiger charge is -2.34. The van der Waals surface area contributed by atoms with Crippen LogP contribution in [-0.4, -0.2) is 52.0 Å². The summed E-state index contributed by atoms with van der Waals surface area (Å²) in [7, 11) is 0. The normalized spacial score (nSPS) is 15.4. The maximum atomic E-state index is 13.9. The third-order valence-electron chi connectivity index (χ3n) is 5.44. The molecule has 0 bridgehead atoms. The second-order valence-corrected chi connectivity index (χ2v) is 7.15. The predicted octanol–water partition coefficient (Wildman–Crippen LogP) is 2.78. The third kappa shape index (κ3) is 3.15. The largest absolute Gasteiger partial charge is 0.403 e. The number of pyridine rings is 2. The van der Waals surface area contributed by atoms with Gasteiger partial charge in [-0.2, -0.15) is 4.98 Å². The first-order valence-corrected chi connectivity index (χ1v) is 9.68. The molecule has 0 saturated carbocycles. The molecule has 0 N–H and O–H groups in total. The Labute approximate surface area is 166 Å². The topological polar surface area (TPSA) is 66.9 Å². The summed E-state index contributed by atoms with van der Waals surface area (Å²) in [6.45, 7) is 6.97. The van der Waals surface area contributed by atoms with E-state index in [1.54, 1.807) is 28.9 Å². The average molecular weight is 393 g/mol. The van der Waals surface area contributed by atoms with Gasteiger partial charge in [0.25, 0.3) is 0 Å². The first kappa shape index (κ1) is 17.8. The number of nitrogens with zero attached hydrogens (tertiary/aromatic N) is 5. The van der Waals surface area contributed by atoms with Crippen molar-refractivity contribution in [1.29, 1.82) is 0 Å². The second kappa shape index (κ2) is 6.97. The fourth-order valence-electron chi connectivity index (χ4n) is 3.75. The summed E-state index contributed by atoms with van der Waals surface area (Å²) in [4.78, 5) is 26.0. The van der Waals surface area contributed by atoms with Gasteiger partial charge in [0.2, 0.25) is 5.71 Å². The van der Waals surface area contributed by atoms with Gasteiger partial charge in [-0.15, -0.1) is 0 Å². The van der Waals surface area contributed by atoms with Crippen LogP contribution in [0.5, 0.6) is 0 Å². The van der Waals surface area contributed by atoms with E-state index >= 15 is 0 Å². The van der Waals surface area contributed by atoms with E-state index < -0.39 is 11.4 Å².